The number of allylic oxidation sites excluding steroid dienone is 4. The van der Waals surface area contributed by atoms with Crippen molar-refractivity contribution in [3.05, 3.63) is 126 Å². The number of alkyl halides is 1. The third-order valence-corrected chi connectivity index (χ3v) is 17.0. The van der Waals surface area contributed by atoms with E-state index in [0.29, 0.717) is 13.1 Å². The molecule has 0 aliphatic carbocycles. The van der Waals surface area contributed by atoms with Gasteiger partial charge in [-0.05, 0) is 119 Å². The van der Waals surface area contributed by atoms with E-state index in [1.165, 1.54) is 166 Å². The zero-order valence-corrected chi connectivity index (χ0v) is 56.5. The van der Waals surface area contributed by atoms with E-state index in [9.17, 15) is 23.4 Å². The SMILES string of the molecule is C.CC(Cl)OC(=O)Cl.CCCCC/C=C\C/C=C\CCCCCCCCO[C@@H]1CN(C)C[C@H]1OCCCCCCCC.C[C@@H]1CN(Cc2ccccc2)C[C@H]1C.C[C@@H]1CNC[C@H]1C.O=S(=O)(O)c1ccccc1.O[C@@H]1CN(Cc2ccccc2)C[C@H]1O. The molecule has 3 aromatic rings. The van der Waals surface area contributed by atoms with Gasteiger partial charge in [0.2, 0.25) is 0 Å². The molecule has 4 heterocycles. The zero-order valence-electron chi connectivity index (χ0n) is 54.2. The number of aliphatic hydroxyl groups is 2. The molecule has 498 valence electrons. The lowest BCUT2D eigenvalue weighted by Gasteiger charge is -2.20. The highest BCUT2D eigenvalue weighted by Crippen LogP contribution is 2.24. The van der Waals surface area contributed by atoms with Gasteiger partial charge >= 0.3 is 5.43 Å². The summed E-state index contributed by atoms with van der Waals surface area (Å²) in [5.74, 6) is 3.53. The summed E-state index contributed by atoms with van der Waals surface area (Å²) in [5, 5.41) is 22.0. The molecule has 0 radical (unpaired) electrons. The van der Waals surface area contributed by atoms with Crippen LogP contribution in [-0.4, -0.2) is 146 Å². The molecular formula is C71H120Cl2N4O9S. The minimum atomic E-state index is -4.00. The number of carbonyl (C=O) groups is 1. The molecule has 0 aromatic heterocycles. The van der Waals surface area contributed by atoms with Crippen LogP contribution in [0.3, 0.4) is 0 Å². The first-order chi connectivity index (χ1) is 41.3. The summed E-state index contributed by atoms with van der Waals surface area (Å²) in [7, 11) is -1.82. The fourth-order valence-electron chi connectivity index (χ4n) is 10.4. The predicted octanol–water partition coefficient (Wildman–Crippen LogP) is 16.3. The highest BCUT2D eigenvalue weighted by Gasteiger charge is 2.32. The zero-order chi connectivity index (χ0) is 63.2. The molecule has 0 spiro atoms. The van der Waals surface area contributed by atoms with Crippen LogP contribution in [0.2, 0.25) is 0 Å². The summed E-state index contributed by atoms with van der Waals surface area (Å²) in [6.45, 7) is 27.2. The maximum atomic E-state index is 10.4. The topological polar surface area (TPSA) is 161 Å². The van der Waals surface area contributed by atoms with Crippen LogP contribution in [0.1, 0.15) is 183 Å². The number of aliphatic hydroxyl groups excluding tert-OH is 2. The van der Waals surface area contributed by atoms with Crippen molar-refractivity contribution < 1.29 is 42.2 Å². The molecule has 0 bridgehead atoms. The first kappa shape index (κ1) is 81.8. The van der Waals surface area contributed by atoms with Crippen LogP contribution in [0.5, 0.6) is 0 Å². The van der Waals surface area contributed by atoms with Gasteiger partial charge in [-0.3, -0.25) is 14.4 Å². The minimum Gasteiger partial charge on any atom is -0.434 e. The van der Waals surface area contributed by atoms with Gasteiger partial charge in [-0.25, -0.2) is 4.79 Å². The van der Waals surface area contributed by atoms with Gasteiger partial charge in [0.1, 0.15) is 0 Å². The molecule has 16 heteroatoms. The maximum Gasteiger partial charge on any atom is 0.405 e. The van der Waals surface area contributed by atoms with Crippen LogP contribution in [0.15, 0.2) is 120 Å². The number of hydrogen-bond acceptors (Lipinski definition) is 12. The van der Waals surface area contributed by atoms with Crippen molar-refractivity contribution >= 4 is 38.7 Å². The number of halogens is 2. The molecule has 0 amide bonds. The van der Waals surface area contributed by atoms with Crippen LogP contribution in [-0.2, 0) is 37.4 Å². The van der Waals surface area contributed by atoms with Gasteiger partial charge in [-0.15, -0.1) is 0 Å². The standard InChI is InChI=1S/C31H59NO2.C13H19N.C11H15NO2.C6H13N.C6H6O3S.C3H4Cl2O2.CH4/c1-4-6-8-10-12-13-14-15-16-17-18-19-20-21-23-25-27-34-31-29-32(3)28-30(31)33-26-24-22-11-9-7-5-2;1-11-8-14(9-12(11)2)10-13-6-4-3-5-7-13;13-10-7-12(8-11(10)14)6-9-4-2-1-3-5-9;1-5-3-7-4-6(5)2;7-10(8,9)6-4-2-1-3-5-6;1-2(4)7-3(5)6;/h12-13,15-16,30-31H,4-11,14,17-29H2,1-3H3;3-7,11-12H,8-10H2,1-2H3;1-5,10-11,13-14H,6-8H2;5-7H,3-4H2,1-2H3;1-5H,(H,7,8,9);2H,1H3;1H4/b13-12-,16-15-;;;;;;/t30-,31-;11-,12-;10-,11-;5-,6-;;;/m1111.../s1. The van der Waals surface area contributed by atoms with Gasteiger partial charge in [-0.2, -0.15) is 8.42 Å². The van der Waals surface area contributed by atoms with Crippen LogP contribution < -0.4 is 5.32 Å². The Morgan fingerprint density at radius 2 is 0.966 bits per heavy atom. The summed E-state index contributed by atoms with van der Waals surface area (Å²) >= 11 is 9.87. The molecule has 4 fully saturated rings. The number of likely N-dealkylation sites (N-methyl/N-ethyl adjacent to an activating group) is 1. The predicted molar refractivity (Wildman–Crippen MR) is 365 cm³/mol. The molecule has 7 rings (SSSR count). The molecule has 13 nitrogen and oxygen atoms in total. The number of nitrogens with zero attached hydrogens (tertiary/aromatic N) is 3. The Morgan fingerprint density at radius 3 is 1.33 bits per heavy atom. The first-order valence-corrected chi connectivity index (χ1v) is 34.9. The molecule has 0 saturated carbocycles. The molecule has 4 N–H and O–H groups in total. The van der Waals surface area contributed by atoms with Crippen molar-refractivity contribution in [2.24, 2.45) is 23.7 Å². The summed E-state index contributed by atoms with van der Waals surface area (Å²) in [5.41, 5.74) is 1.15. The Kier molecular flexibility index (Phi) is 48.3. The van der Waals surface area contributed by atoms with Gasteiger partial charge in [0, 0.05) is 77.2 Å². The summed E-state index contributed by atoms with van der Waals surface area (Å²) in [6, 6.07) is 28.3. The van der Waals surface area contributed by atoms with Crippen LogP contribution in [0, 0.1) is 23.7 Å². The molecule has 4 aliphatic heterocycles. The van der Waals surface area contributed by atoms with Gasteiger partial charge in [-0.1, -0.05) is 234 Å². The number of ether oxygens (including phenoxy) is 3. The van der Waals surface area contributed by atoms with E-state index in [0.717, 1.165) is 69.5 Å². The number of hydrogen-bond donors (Lipinski definition) is 4. The quantitative estimate of drug-likeness (QED) is 0.0164. The average molecular weight is 1280 g/mol. The molecule has 3 aromatic carbocycles. The van der Waals surface area contributed by atoms with Gasteiger partial charge in [0.25, 0.3) is 10.1 Å². The molecule has 4 saturated heterocycles. The fraction of sp³-hybridized carbons (Fsp3) is 0.676. The van der Waals surface area contributed by atoms with Crippen molar-refractivity contribution in [2.75, 3.05) is 72.6 Å². The monoisotopic (exact) mass is 1270 g/mol. The molecule has 1 unspecified atom stereocenters. The van der Waals surface area contributed by atoms with E-state index in [4.69, 9.17) is 37.2 Å². The van der Waals surface area contributed by atoms with Crippen molar-refractivity contribution in [2.45, 2.75) is 219 Å². The molecule has 87 heavy (non-hydrogen) atoms. The van der Waals surface area contributed by atoms with Crippen molar-refractivity contribution in [1.29, 1.82) is 0 Å². The number of β-amino-alcohol motifs (C(OH)–C–C–N with tert-alkyl or cyclic N) is 2. The van der Waals surface area contributed by atoms with Crippen molar-refractivity contribution in [1.82, 2.24) is 20.0 Å². The fourth-order valence-corrected chi connectivity index (χ4v) is 11.1. The summed E-state index contributed by atoms with van der Waals surface area (Å²) in [6.07, 6.45) is 32.2. The van der Waals surface area contributed by atoms with E-state index in [-0.39, 0.29) is 24.5 Å². The maximum absolute atomic E-state index is 10.4. The second-order valence-electron chi connectivity index (χ2n) is 24.1. The van der Waals surface area contributed by atoms with Crippen LogP contribution >= 0.6 is 23.2 Å². The highest BCUT2D eigenvalue weighted by molar-refractivity contribution is 7.85. The van der Waals surface area contributed by atoms with Crippen molar-refractivity contribution in [3.8, 4) is 0 Å². The van der Waals surface area contributed by atoms with E-state index < -0.39 is 33.3 Å². The Hall–Kier alpha value is -3.22. The third-order valence-electron chi connectivity index (χ3n) is 16.0. The van der Waals surface area contributed by atoms with Gasteiger partial charge < -0.3 is 34.6 Å². The van der Waals surface area contributed by atoms with E-state index in [2.05, 4.69) is 140 Å². The molecule has 4 aliphatic rings. The average Bonchev–Trinajstić information content (AvgIpc) is 4.28. The second kappa shape index (κ2) is 51.4. The number of rotatable bonds is 30. The minimum absolute atomic E-state index is 0. The summed E-state index contributed by atoms with van der Waals surface area (Å²) < 4.78 is 45.8. The number of carbonyl (C=O) groups excluding carboxylic acids is 1. The van der Waals surface area contributed by atoms with E-state index in [1.807, 2.05) is 18.2 Å². The van der Waals surface area contributed by atoms with Gasteiger partial charge in [0.15, 0.2) is 5.56 Å². The molecule has 9 atom stereocenters. The Balaban J connectivity index is 0.000000585. The largest absolute Gasteiger partial charge is 0.434 e. The Morgan fingerprint density at radius 1 is 0.586 bits per heavy atom. The number of nitrogens with one attached hydrogen (secondary N) is 1. The van der Waals surface area contributed by atoms with Gasteiger partial charge in [0.05, 0.1) is 29.3 Å². The number of likely N-dealkylation sites (tertiary alicyclic amines) is 3. The Labute approximate surface area is 540 Å². The van der Waals surface area contributed by atoms with Crippen molar-refractivity contribution in [3.63, 3.8) is 0 Å². The van der Waals surface area contributed by atoms with E-state index in [1.54, 1.807) is 18.2 Å². The lowest BCUT2D eigenvalue weighted by molar-refractivity contribution is -0.0481. The molecular weight excluding hydrogens is 1160 g/mol. The first-order valence-electron chi connectivity index (χ1n) is 32.7. The number of unbranched alkanes of at least 4 members (excludes halogenated alkanes) is 14. The highest BCUT2D eigenvalue weighted by atomic mass is 35.5. The lowest BCUT2D eigenvalue weighted by atomic mass is 10.0. The summed E-state index contributed by atoms with van der Waals surface area (Å²) in [4.78, 5) is 16.6. The van der Waals surface area contributed by atoms with Crippen LogP contribution in [0.4, 0.5) is 4.79 Å². The second-order valence-corrected chi connectivity index (χ2v) is 26.5. The van der Waals surface area contributed by atoms with Crippen LogP contribution in [0.25, 0.3) is 0 Å². The Bertz CT molecular complexity index is 2160. The normalized spacial score (nSPS) is 22.3. The third kappa shape index (κ3) is 42.5. The number of benzene rings is 3. The smallest absolute Gasteiger partial charge is 0.405 e. The lowest BCUT2D eigenvalue weighted by Crippen LogP contribution is -2.30. The van der Waals surface area contributed by atoms with E-state index >= 15 is 0 Å².